The van der Waals surface area contributed by atoms with Crippen molar-refractivity contribution in [1.82, 2.24) is 15.0 Å². The van der Waals surface area contributed by atoms with Crippen LogP contribution in [0.4, 0.5) is 34.1 Å². The molecule has 7 aromatic carbocycles. The summed E-state index contributed by atoms with van der Waals surface area (Å²) >= 11 is 0. The molecule has 0 unspecified atom stereocenters. The molecule has 286 valence electrons. The van der Waals surface area contributed by atoms with Gasteiger partial charge in [0.05, 0.1) is 0 Å². The van der Waals surface area contributed by atoms with Crippen LogP contribution in [0, 0.1) is 0 Å². The summed E-state index contributed by atoms with van der Waals surface area (Å²) in [5.41, 5.74) is 18.8. The van der Waals surface area contributed by atoms with Crippen molar-refractivity contribution >= 4 is 57.2 Å². The highest BCUT2D eigenvalue weighted by molar-refractivity contribution is 7.00. The zero-order valence-corrected chi connectivity index (χ0v) is 34.5. The molecule has 8 aromatic rings. The van der Waals surface area contributed by atoms with Gasteiger partial charge < -0.3 is 9.80 Å². The first-order valence-electron chi connectivity index (χ1n) is 20.5. The van der Waals surface area contributed by atoms with Crippen LogP contribution in [-0.4, -0.2) is 21.7 Å². The lowest BCUT2D eigenvalue weighted by Crippen LogP contribution is -2.61. The van der Waals surface area contributed by atoms with Crippen LogP contribution < -0.4 is 26.2 Å². The fourth-order valence-corrected chi connectivity index (χ4v) is 8.90. The Balaban J connectivity index is 1.30. The maximum absolute atomic E-state index is 4.72. The molecule has 3 heterocycles. The monoisotopic (exact) mass is 763 g/mol. The van der Waals surface area contributed by atoms with E-state index < -0.39 is 0 Å². The van der Waals surface area contributed by atoms with Crippen molar-refractivity contribution < 1.29 is 0 Å². The molecule has 0 spiro atoms. The maximum atomic E-state index is 4.72. The van der Waals surface area contributed by atoms with Crippen LogP contribution in [-0.2, 0) is 10.8 Å². The van der Waals surface area contributed by atoms with Gasteiger partial charge >= 0.3 is 0 Å². The average Bonchev–Trinajstić information content (AvgIpc) is 3.26. The van der Waals surface area contributed by atoms with Crippen LogP contribution >= 0.6 is 0 Å². The summed E-state index contributed by atoms with van der Waals surface area (Å²) in [7, 11) is 0. The van der Waals surface area contributed by atoms with Gasteiger partial charge in [-0.3, -0.25) is 0 Å². The van der Waals surface area contributed by atoms with Crippen LogP contribution in [0.1, 0.15) is 52.7 Å². The van der Waals surface area contributed by atoms with Crippen molar-refractivity contribution in [2.75, 3.05) is 9.80 Å². The second-order valence-electron chi connectivity index (χ2n) is 17.9. The number of anilines is 6. The van der Waals surface area contributed by atoms with E-state index in [-0.39, 0.29) is 17.5 Å². The molecule has 0 bridgehead atoms. The standard InChI is InChI=1S/C53H46BN5/c1-52(2,3)40-19-23-42(24-20-40)58-46-29-37(35-13-9-7-10-14-35)17-27-44(46)54-45-28-18-38(36-15-11-8-12-16-36)30-47(45)59(43-25-21-41(22-26-43)53(4,5)6)49-32-39(31-48(58)50(49)54)51-56-33-55-34-57-51/h7-34H,1-6H3. The molecule has 6 heteroatoms. The number of aromatic nitrogens is 3. The van der Waals surface area contributed by atoms with Gasteiger partial charge in [-0.2, -0.15) is 0 Å². The Labute approximate surface area is 348 Å². The Bertz CT molecular complexity index is 2650. The lowest BCUT2D eigenvalue weighted by Gasteiger charge is -2.44. The largest absolute Gasteiger partial charge is 0.311 e. The average molecular weight is 764 g/mol. The molecule has 2 aliphatic heterocycles. The van der Waals surface area contributed by atoms with Crippen LogP contribution in [0.5, 0.6) is 0 Å². The second kappa shape index (κ2) is 14.0. The zero-order chi connectivity index (χ0) is 40.5. The first-order valence-corrected chi connectivity index (χ1v) is 20.5. The fraction of sp³-hybridized carbons (Fsp3) is 0.151. The normalized spacial score (nSPS) is 13.2. The predicted molar refractivity (Wildman–Crippen MR) is 248 cm³/mol. The molecule has 0 saturated heterocycles. The topological polar surface area (TPSA) is 45.2 Å². The Kier molecular flexibility index (Phi) is 8.64. The number of rotatable bonds is 5. The van der Waals surface area contributed by atoms with E-state index in [1.807, 2.05) is 0 Å². The van der Waals surface area contributed by atoms with Crippen LogP contribution in [0.15, 0.2) is 170 Å². The van der Waals surface area contributed by atoms with Crippen molar-refractivity contribution in [3.05, 3.63) is 182 Å². The molecule has 5 nitrogen and oxygen atoms in total. The van der Waals surface area contributed by atoms with Gasteiger partial charge in [0.2, 0.25) is 0 Å². The first kappa shape index (κ1) is 36.5. The van der Waals surface area contributed by atoms with Crippen molar-refractivity contribution in [2.45, 2.75) is 52.4 Å². The smallest absolute Gasteiger partial charge is 0.252 e. The number of hydrogen-bond donors (Lipinski definition) is 0. The van der Waals surface area contributed by atoms with E-state index in [0.29, 0.717) is 5.82 Å². The molecule has 0 fully saturated rings. The summed E-state index contributed by atoms with van der Waals surface area (Å²) in [4.78, 5) is 18.6. The van der Waals surface area contributed by atoms with Gasteiger partial charge in [0.15, 0.2) is 5.82 Å². The molecule has 0 radical (unpaired) electrons. The first-order chi connectivity index (χ1) is 28.5. The maximum Gasteiger partial charge on any atom is 0.252 e. The molecule has 0 atom stereocenters. The minimum absolute atomic E-state index is 0.0209. The highest BCUT2D eigenvalue weighted by Crippen LogP contribution is 2.47. The van der Waals surface area contributed by atoms with E-state index in [9.17, 15) is 0 Å². The molecule has 0 saturated carbocycles. The van der Waals surface area contributed by atoms with Gasteiger partial charge in [-0.15, -0.1) is 0 Å². The molecule has 59 heavy (non-hydrogen) atoms. The summed E-state index contributed by atoms with van der Waals surface area (Å²) in [5.74, 6) is 0.634. The number of nitrogens with zero attached hydrogens (tertiary/aromatic N) is 5. The minimum Gasteiger partial charge on any atom is -0.311 e. The molecule has 1 aromatic heterocycles. The quantitative estimate of drug-likeness (QED) is 0.163. The predicted octanol–water partition coefficient (Wildman–Crippen LogP) is 11.6. The third kappa shape index (κ3) is 6.40. The molecular weight excluding hydrogens is 717 g/mol. The van der Waals surface area contributed by atoms with Crippen LogP contribution in [0.25, 0.3) is 33.6 Å². The van der Waals surface area contributed by atoms with Gasteiger partial charge in [-0.25, -0.2) is 15.0 Å². The Morgan fingerprint density at radius 2 is 0.814 bits per heavy atom. The molecule has 0 amide bonds. The van der Waals surface area contributed by atoms with Crippen molar-refractivity contribution in [3.8, 4) is 33.6 Å². The van der Waals surface area contributed by atoms with Crippen LogP contribution in [0.2, 0.25) is 0 Å². The fourth-order valence-electron chi connectivity index (χ4n) is 8.90. The molecule has 10 rings (SSSR count). The minimum atomic E-state index is -0.0396. The van der Waals surface area contributed by atoms with E-state index in [0.717, 1.165) is 39.7 Å². The third-order valence-corrected chi connectivity index (χ3v) is 12.0. The number of fused-ring (bicyclic) bond motifs is 4. The van der Waals surface area contributed by atoms with Crippen molar-refractivity contribution in [3.63, 3.8) is 0 Å². The lowest BCUT2D eigenvalue weighted by molar-refractivity contribution is 0.590. The zero-order valence-electron chi connectivity index (χ0n) is 34.5. The Morgan fingerprint density at radius 3 is 1.22 bits per heavy atom. The Morgan fingerprint density at radius 1 is 0.407 bits per heavy atom. The van der Waals surface area contributed by atoms with E-state index in [1.165, 1.54) is 49.8 Å². The van der Waals surface area contributed by atoms with Gasteiger partial charge in [-0.1, -0.05) is 151 Å². The van der Waals surface area contributed by atoms with Gasteiger partial charge in [-0.05, 0) is 109 Å². The van der Waals surface area contributed by atoms with E-state index in [2.05, 4.69) is 214 Å². The van der Waals surface area contributed by atoms with Gasteiger partial charge in [0, 0.05) is 39.7 Å². The molecule has 0 N–H and O–H groups in total. The lowest BCUT2D eigenvalue weighted by atomic mass is 9.33. The number of hydrogen-bond acceptors (Lipinski definition) is 5. The van der Waals surface area contributed by atoms with E-state index in [1.54, 1.807) is 12.7 Å². The van der Waals surface area contributed by atoms with Gasteiger partial charge in [0.1, 0.15) is 12.7 Å². The highest BCUT2D eigenvalue weighted by Gasteiger charge is 2.44. The van der Waals surface area contributed by atoms with E-state index in [4.69, 9.17) is 9.97 Å². The number of benzene rings is 7. The highest BCUT2D eigenvalue weighted by atomic mass is 15.2. The summed E-state index contributed by atoms with van der Waals surface area (Å²) in [6.45, 7) is 13.6. The summed E-state index contributed by atoms with van der Waals surface area (Å²) in [6.07, 6.45) is 3.18. The summed E-state index contributed by atoms with van der Waals surface area (Å²) in [6, 6.07) is 58.4. The molecule has 2 aliphatic rings. The summed E-state index contributed by atoms with van der Waals surface area (Å²) < 4.78 is 0. The van der Waals surface area contributed by atoms with Crippen molar-refractivity contribution in [2.24, 2.45) is 0 Å². The second-order valence-corrected chi connectivity index (χ2v) is 17.9. The molecule has 0 aliphatic carbocycles. The molecular formula is C53H46BN5. The summed E-state index contributed by atoms with van der Waals surface area (Å²) in [5, 5.41) is 0. The van der Waals surface area contributed by atoms with Crippen molar-refractivity contribution in [1.29, 1.82) is 0 Å². The van der Waals surface area contributed by atoms with Crippen LogP contribution in [0.3, 0.4) is 0 Å². The van der Waals surface area contributed by atoms with Gasteiger partial charge in [0.25, 0.3) is 6.71 Å². The Hall–Kier alpha value is -6.79. The van der Waals surface area contributed by atoms with E-state index >= 15 is 0 Å². The SMILES string of the molecule is CC(C)(C)c1ccc(N2c3cc(-c4ccccc4)ccc3B3c4ccc(-c5ccccc5)cc4N(c4ccc(C(C)(C)C)cc4)c4cc(-c5ncncn5)cc2c43)cc1. The third-order valence-electron chi connectivity index (χ3n) is 12.0.